The van der Waals surface area contributed by atoms with Crippen molar-refractivity contribution in [1.29, 1.82) is 0 Å². The molecule has 0 atom stereocenters. The van der Waals surface area contributed by atoms with Crippen LogP contribution in [-0.2, 0) is 0 Å². The number of carbonyl (C=O) groups is 2. The van der Waals surface area contributed by atoms with Gasteiger partial charge in [-0.2, -0.15) is 0 Å². The van der Waals surface area contributed by atoms with Crippen molar-refractivity contribution in [3.8, 4) is 5.75 Å². The van der Waals surface area contributed by atoms with E-state index in [0.29, 0.717) is 24.2 Å². The van der Waals surface area contributed by atoms with Crippen LogP contribution in [-0.4, -0.2) is 55.5 Å². The molecule has 1 N–H and O–H groups in total. The number of carbonyl (C=O) groups excluding carboxylic acids is 2. The number of rotatable bonds is 4. The summed E-state index contributed by atoms with van der Waals surface area (Å²) >= 11 is 0. The first-order chi connectivity index (χ1) is 13.8. The third-order valence-electron chi connectivity index (χ3n) is 4.88. The fourth-order valence-corrected chi connectivity index (χ4v) is 3.40. The second-order valence-electron chi connectivity index (χ2n) is 8.23. The first-order valence-electron chi connectivity index (χ1n) is 9.88. The molecular formula is C23H29N3O3. The molecule has 0 bridgehead atoms. The van der Waals surface area contributed by atoms with Crippen LogP contribution in [0.15, 0.2) is 48.5 Å². The third-order valence-corrected chi connectivity index (χ3v) is 4.88. The smallest absolute Gasteiger partial charge is 0.253 e. The van der Waals surface area contributed by atoms with Gasteiger partial charge in [0.2, 0.25) is 0 Å². The van der Waals surface area contributed by atoms with E-state index in [-0.39, 0.29) is 17.4 Å². The largest absolute Gasteiger partial charge is 0.495 e. The van der Waals surface area contributed by atoms with Crippen molar-refractivity contribution in [1.82, 2.24) is 10.2 Å². The lowest BCUT2D eigenvalue weighted by atomic mass is 10.1. The van der Waals surface area contributed by atoms with Crippen LogP contribution in [0.3, 0.4) is 0 Å². The molecule has 6 nitrogen and oxygen atoms in total. The van der Waals surface area contributed by atoms with Gasteiger partial charge in [0, 0.05) is 42.8 Å². The second-order valence-corrected chi connectivity index (χ2v) is 8.23. The standard InChI is InChI=1S/C23H29N3O3/c1-23(2,3)24-21(27)17-9-11-18(12-10-17)22(28)26-15-13-25(14-16-26)19-7-5-6-8-20(19)29-4/h5-12H,13-16H2,1-4H3,(H,24,27). The molecule has 2 aromatic carbocycles. The summed E-state index contributed by atoms with van der Waals surface area (Å²) in [4.78, 5) is 29.2. The summed E-state index contributed by atoms with van der Waals surface area (Å²) in [7, 11) is 1.67. The van der Waals surface area contributed by atoms with Gasteiger partial charge < -0.3 is 19.9 Å². The zero-order chi connectivity index (χ0) is 21.0. The maximum atomic E-state index is 12.9. The highest BCUT2D eigenvalue weighted by molar-refractivity contribution is 5.98. The van der Waals surface area contributed by atoms with E-state index in [4.69, 9.17) is 4.74 Å². The van der Waals surface area contributed by atoms with E-state index >= 15 is 0 Å². The molecule has 1 saturated heterocycles. The summed E-state index contributed by atoms with van der Waals surface area (Å²) in [6.45, 7) is 8.59. The topological polar surface area (TPSA) is 61.9 Å². The van der Waals surface area contributed by atoms with E-state index in [2.05, 4.69) is 10.2 Å². The van der Waals surface area contributed by atoms with Gasteiger partial charge >= 0.3 is 0 Å². The number of amides is 2. The predicted molar refractivity (Wildman–Crippen MR) is 115 cm³/mol. The van der Waals surface area contributed by atoms with Crippen LogP contribution in [0.5, 0.6) is 5.75 Å². The number of nitrogens with one attached hydrogen (secondary N) is 1. The molecule has 0 spiro atoms. The summed E-state index contributed by atoms with van der Waals surface area (Å²) in [6, 6.07) is 14.8. The molecule has 0 unspecified atom stereocenters. The summed E-state index contributed by atoms with van der Waals surface area (Å²) in [5, 5.41) is 2.93. The summed E-state index contributed by atoms with van der Waals surface area (Å²) < 4.78 is 5.45. The SMILES string of the molecule is COc1ccccc1N1CCN(C(=O)c2ccc(C(=O)NC(C)(C)C)cc2)CC1. The van der Waals surface area contributed by atoms with E-state index in [1.54, 1.807) is 31.4 Å². The monoisotopic (exact) mass is 395 g/mol. The quantitative estimate of drug-likeness (QED) is 0.864. The second kappa shape index (κ2) is 8.55. The normalized spacial score (nSPS) is 14.5. The van der Waals surface area contributed by atoms with E-state index in [9.17, 15) is 9.59 Å². The zero-order valence-corrected chi connectivity index (χ0v) is 17.6. The molecule has 3 rings (SSSR count). The first kappa shape index (κ1) is 20.7. The molecule has 2 aromatic rings. The molecule has 0 aliphatic carbocycles. The number of para-hydroxylation sites is 2. The molecule has 1 aliphatic heterocycles. The minimum Gasteiger partial charge on any atom is -0.495 e. The van der Waals surface area contributed by atoms with Crippen molar-refractivity contribution in [3.63, 3.8) is 0 Å². The molecule has 1 fully saturated rings. The molecule has 6 heteroatoms. The number of benzene rings is 2. The van der Waals surface area contributed by atoms with Crippen LogP contribution in [0, 0.1) is 0 Å². The molecule has 1 aliphatic rings. The third kappa shape index (κ3) is 5.08. The van der Waals surface area contributed by atoms with Crippen molar-refractivity contribution < 1.29 is 14.3 Å². The number of nitrogens with zero attached hydrogens (tertiary/aromatic N) is 2. The summed E-state index contributed by atoms with van der Waals surface area (Å²) in [5.74, 6) is 0.700. The van der Waals surface area contributed by atoms with Gasteiger partial charge in [-0.15, -0.1) is 0 Å². The Morgan fingerprint density at radius 3 is 2.07 bits per heavy atom. The number of ether oxygens (including phenoxy) is 1. The van der Waals surface area contributed by atoms with Gasteiger partial charge in [0.1, 0.15) is 5.75 Å². The maximum absolute atomic E-state index is 12.9. The first-order valence-corrected chi connectivity index (χ1v) is 9.88. The zero-order valence-electron chi connectivity index (χ0n) is 17.6. The van der Waals surface area contributed by atoms with Crippen LogP contribution in [0.2, 0.25) is 0 Å². The Kier molecular flexibility index (Phi) is 6.11. The van der Waals surface area contributed by atoms with Crippen molar-refractivity contribution in [3.05, 3.63) is 59.7 Å². The van der Waals surface area contributed by atoms with Gasteiger partial charge in [-0.3, -0.25) is 9.59 Å². The maximum Gasteiger partial charge on any atom is 0.253 e. The molecule has 0 radical (unpaired) electrons. The summed E-state index contributed by atoms with van der Waals surface area (Å²) in [6.07, 6.45) is 0. The molecule has 29 heavy (non-hydrogen) atoms. The number of piperazine rings is 1. The predicted octanol–water partition coefficient (Wildman–Crippen LogP) is 3.19. The van der Waals surface area contributed by atoms with Crippen LogP contribution >= 0.6 is 0 Å². The molecule has 0 aromatic heterocycles. The van der Waals surface area contributed by atoms with Gasteiger partial charge in [-0.1, -0.05) is 12.1 Å². The fraction of sp³-hybridized carbons (Fsp3) is 0.391. The van der Waals surface area contributed by atoms with Crippen LogP contribution < -0.4 is 15.0 Å². The Hall–Kier alpha value is -3.02. The Labute approximate surface area is 172 Å². The molecule has 0 saturated carbocycles. The van der Waals surface area contributed by atoms with Crippen molar-refractivity contribution in [2.45, 2.75) is 26.3 Å². The van der Waals surface area contributed by atoms with Crippen LogP contribution in [0.1, 0.15) is 41.5 Å². The van der Waals surface area contributed by atoms with Crippen molar-refractivity contribution in [2.75, 3.05) is 38.2 Å². The molecule has 1 heterocycles. The van der Waals surface area contributed by atoms with Gasteiger partial charge in [0.25, 0.3) is 11.8 Å². The highest BCUT2D eigenvalue weighted by atomic mass is 16.5. The Morgan fingerprint density at radius 1 is 0.897 bits per heavy atom. The fourth-order valence-electron chi connectivity index (χ4n) is 3.40. The van der Waals surface area contributed by atoms with E-state index < -0.39 is 0 Å². The van der Waals surface area contributed by atoms with E-state index in [0.717, 1.165) is 24.5 Å². The number of hydrogen-bond donors (Lipinski definition) is 1. The van der Waals surface area contributed by atoms with Crippen LogP contribution in [0.25, 0.3) is 0 Å². The highest BCUT2D eigenvalue weighted by Crippen LogP contribution is 2.28. The average molecular weight is 396 g/mol. The van der Waals surface area contributed by atoms with Crippen molar-refractivity contribution in [2.24, 2.45) is 0 Å². The lowest BCUT2D eigenvalue weighted by Gasteiger charge is -2.36. The molecule has 154 valence electrons. The summed E-state index contributed by atoms with van der Waals surface area (Å²) in [5.41, 5.74) is 1.91. The van der Waals surface area contributed by atoms with E-state index in [1.165, 1.54) is 0 Å². The Bertz CT molecular complexity index is 864. The minimum absolute atomic E-state index is 0.00698. The highest BCUT2D eigenvalue weighted by Gasteiger charge is 2.24. The number of hydrogen-bond acceptors (Lipinski definition) is 4. The Morgan fingerprint density at radius 2 is 1.48 bits per heavy atom. The van der Waals surface area contributed by atoms with Gasteiger partial charge in [-0.25, -0.2) is 0 Å². The van der Waals surface area contributed by atoms with Gasteiger partial charge in [-0.05, 0) is 57.2 Å². The van der Waals surface area contributed by atoms with E-state index in [1.807, 2.05) is 49.9 Å². The minimum atomic E-state index is -0.299. The van der Waals surface area contributed by atoms with Gasteiger partial charge in [0.05, 0.1) is 12.8 Å². The van der Waals surface area contributed by atoms with Gasteiger partial charge in [0.15, 0.2) is 0 Å². The average Bonchev–Trinajstić information content (AvgIpc) is 2.72. The number of methoxy groups -OCH3 is 1. The molecule has 2 amide bonds. The van der Waals surface area contributed by atoms with Crippen LogP contribution in [0.4, 0.5) is 5.69 Å². The molecular weight excluding hydrogens is 366 g/mol. The lowest BCUT2D eigenvalue weighted by Crippen LogP contribution is -2.48. The van der Waals surface area contributed by atoms with Crippen molar-refractivity contribution >= 4 is 17.5 Å². The number of anilines is 1. The Balaban J connectivity index is 1.61. The lowest BCUT2D eigenvalue weighted by molar-refractivity contribution is 0.0746.